The zero-order valence-corrected chi connectivity index (χ0v) is 7.06. The molecule has 0 aliphatic carbocycles. The van der Waals surface area contributed by atoms with Crippen LogP contribution in [0.1, 0.15) is 27.7 Å². The van der Waals surface area contributed by atoms with Crippen LogP contribution in [0.5, 0.6) is 0 Å². The van der Waals surface area contributed by atoms with E-state index in [4.69, 9.17) is 4.79 Å². The van der Waals surface area contributed by atoms with E-state index in [9.17, 15) is 0 Å². The molecule has 0 aromatic heterocycles. The fourth-order valence-electron chi connectivity index (χ4n) is 0. The molecule has 3 heteroatoms. The van der Waals surface area contributed by atoms with Gasteiger partial charge < -0.3 is 11.5 Å². The Bertz CT molecular complexity index is 117. The number of hydrogen-bond acceptors (Lipinski definition) is 1. The van der Waals surface area contributed by atoms with Crippen LogP contribution in [0, 0.1) is 0 Å². The second-order valence-corrected chi connectivity index (χ2v) is 2.40. The third kappa shape index (κ3) is 27.9. The average Bonchev–Trinajstić information content (AvgIpc) is 1.63. The largest absolute Gasteiger partial charge is 0.352 e. The molecule has 0 fully saturated rings. The summed E-state index contributed by atoms with van der Waals surface area (Å²) < 4.78 is 0. The van der Waals surface area contributed by atoms with Crippen molar-refractivity contribution in [2.75, 3.05) is 0 Å². The highest BCUT2D eigenvalue weighted by atomic mass is 16.2. The van der Waals surface area contributed by atoms with Crippen LogP contribution in [0.4, 0.5) is 4.79 Å². The SMILES string of the molecule is CC(C)=C(C)C.NC(N)=O. The van der Waals surface area contributed by atoms with Crippen molar-refractivity contribution >= 4 is 6.03 Å². The third-order valence-electron chi connectivity index (χ3n) is 1.00. The van der Waals surface area contributed by atoms with E-state index in [2.05, 4.69) is 39.2 Å². The van der Waals surface area contributed by atoms with Crippen LogP contribution in [0.2, 0.25) is 0 Å². The van der Waals surface area contributed by atoms with Crippen molar-refractivity contribution in [1.82, 2.24) is 0 Å². The van der Waals surface area contributed by atoms with Gasteiger partial charge in [0.2, 0.25) is 0 Å². The predicted octanol–water partition coefficient (Wildman–Crippen LogP) is 1.39. The molecule has 0 aromatic carbocycles. The highest BCUT2D eigenvalue weighted by Gasteiger charge is 1.75. The van der Waals surface area contributed by atoms with Crippen molar-refractivity contribution in [2.45, 2.75) is 27.7 Å². The summed E-state index contributed by atoms with van der Waals surface area (Å²) in [5, 5.41) is 0. The minimum atomic E-state index is -0.833. The van der Waals surface area contributed by atoms with Gasteiger partial charge in [-0.3, -0.25) is 0 Å². The number of primary amides is 2. The number of urea groups is 1. The van der Waals surface area contributed by atoms with E-state index in [-0.39, 0.29) is 0 Å². The second kappa shape index (κ2) is 6.13. The first-order chi connectivity index (χ1) is 4.37. The Kier molecular flexibility index (Phi) is 7.22. The van der Waals surface area contributed by atoms with Crippen molar-refractivity contribution < 1.29 is 4.79 Å². The van der Waals surface area contributed by atoms with Crippen LogP contribution in [-0.4, -0.2) is 6.03 Å². The van der Waals surface area contributed by atoms with E-state index in [1.807, 2.05) is 0 Å². The smallest absolute Gasteiger partial charge is 0.309 e. The predicted molar refractivity (Wildman–Crippen MR) is 43.5 cm³/mol. The fraction of sp³-hybridized carbons (Fsp3) is 0.571. The lowest BCUT2D eigenvalue weighted by Gasteiger charge is -1.88. The molecule has 3 nitrogen and oxygen atoms in total. The standard InChI is InChI=1S/C6H12.CH4N2O/c1-5(2)6(3)4;2-1(3)4/h1-4H3;(H4,2,3,4). The maximum atomic E-state index is 9.00. The molecule has 60 valence electrons. The first-order valence-corrected chi connectivity index (χ1v) is 3.03. The lowest BCUT2D eigenvalue weighted by atomic mass is 10.2. The lowest BCUT2D eigenvalue weighted by Crippen LogP contribution is -2.18. The number of hydrogen-bond donors (Lipinski definition) is 2. The molecule has 0 heterocycles. The molecule has 0 rings (SSSR count). The van der Waals surface area contributed by atoms with E-state index in [0.717, 1.165) is 0 Å². The second-order valence-electron chi connectivity index (χ2n) is 2.40. The average molecular weight is 144 g/mol. The highest BCUT2D eigenvalue weighted by Crippen LogP contribution is 1.96. The summed E-state index contributed by atoms with van der Waals surface area (Å²) in [5.41, 5.74) is 11.4. The normalized spacial score (nSPS) is 7.20. The van der Waals surface area contributed by atoms with E-state index in [1.54, 1.807) is 0 Å². The Labute approximate surface area is 62.1 Å². The molecule has 0 aromatic rings. The molecular formula is C7H16N2O. The van der Waals surface area contributed by atoms with E-state index < -0.39 is 6.03 Å². The minimum absolute atomic E-state index is 0.833. The van der Waals surface area contributed by atoms with Crippen LogP contribution >= 0.6 is 0 Å². The number of amides is 2. The fourth-order valence-corrected chi connectivity index (χ4v) is 0. The first-order valence-electron chi connectivity index (χ1n) is 3.03. The Balaban J connectivity index is 0. The summed E-state index contributed by atoms with van der Waals surface area (Å²) in [6, 6.07) is -0.833. The van der Waals surface area contributed by atoms with Gasteiger partial charge in [0.1, 0.15) is 0 Å². The molecule has 0 atom stereocenters. The molecule has 10 heavy (non-hydrogen) atoms. The summed E-state index contributed by atoms with van der Waals surface area (Å²) in [6.07, 6.45) is 0. The third-order valence-corrected chi connectivity index (χ3v) is 1.00. The molecular weight excluding hydrogens is 128 g/mol. The van der Waals surface area contributed by atoms with Gasteiger partial charge in [-0.1, -0.05) is 11.1 Å². The molecule has 0 unspecified atom stereocenters. The summed E-state index contributed by atoms with van der Waals surface area (Å²) in [4.78, 5) is 9.00. The highest BCUT2D eigenvalue weighted by molar-refractivity contribution is 5.69. The zero-order chi connectivity index (χ0) is 8.73. The molecule has 0 spiro atoms. The quantitative estimate of drug-likeness (QED) is 0.495. The van der Waals surface area contributed by atoms with Crippen LogP contribution in [-0.2, 0) is 0 Å². The van der Waals surface area contributed by atoms with Crippen molar-refractivity contribution in [2.24, 2.45) is 11.5 Å². The molecule has 0 radical (unpaired) electrons. The van der Waals surface area contributed by atoms with Crippen LogP contribution in [0.25, 0.3) is 0 Å². The minimum Gasteiger partial charge on any atom is -0.352 e. The molecule has 0 aliphatic rings. The van der Waals surface area contributed by atoms with Crippen molar-refractivity contribution in [3.8, 4) is 0 Å². The van der Waals surface area contributed by atoms with Gasteiger partial charge in [-0.25, -0.2) is 4.79 Å². The van der Waals surface area contributed by atoms with Gasteiger partial charge in [0.15, 0.2) is 0 Å². The molecule has 0 saturated heterocycles. The van der Waals surface area contributed by atoms with Gasteiger partial charge in [-0.2, -0.15) is 0 Å². The van der Waals surface area contributed by atoms with Gasteiger partial charge in [0.25, 0.3) is 0 Å². The molecule has 2 amide bonds. The molecule has 0 saturated carbocycles. The molecule has 0 bridgehead atoms. The summed E-state index contributed by atoms with van der Waals surface area (Å²) in [5.74, 6) is 0. The van der Waals surface area contributed by atoms with Crippen LogP contribution < -0.4 is 11.5 Å². The monoisotopic (exact) mass is 144 g/mol. The van der Waals surface area contributed by atoms with E-state index in [0.29, 0.717) is 0 Å². The topological polar surface area (TPSA) is 69.1 Å². The van der Waals surface area contributed by atoms with Crippen molar-refractivity contribution in [1.29, 1.82) is 0 Å². The van der Waals surface area contributed by atoms with Gasteiger partial charge in [0.05, 0.1) is 0 Å². The lowest BCUT2D eigenvalue weighted by molar-refractivity contribution is 0.256. The first kappa shape index (κ1) is 11.8. The summed E-state index contributed by atoms with van der Waals surface area (Å²) >= 11 is 0. The Hall–Kier alpha value is -0.990. The maximum Gasteiger partial charge on any atom is 0.309 e. The Morgan fingerprint density at radius 1 is 0.900 bits per heavy atom. The number of carbonyl (C=O) groups excluding carboxylic acids is 1. The van der Waals surface area contributed by atoms with Crippen LogP contribution in [0.3, 0.4) is 0 Å². The van der Waals surface area contributed by atoms with Gasteiger partial charge in [-0.15, -0.1) is 0 Å². The molecule has 0 aliphatic heterocycles. The van der Waals surface area contributed by atoms with E-state index in [1.165, 1.54) is 11.1 Å². The number of nitrogens with two attached hydrogens (primary N) is 2. The summed E-state index contributed by atoms with van der Waals surface area (Å²) in [7, 11) is 0. The Morgan fingerprint density at radius 3 is 1.00 bits per heavy atom. The van der Waals surface area contributed by atoms with Gasteiger partial charge >= 0.3 is 6.03 Å². The number of carbonyl (C=O) groups is 1. The summed E-state index contributed by atoms with van der Waals surface area (Å²) in [6.45, 7) is 8.48. The number of allylic oxidation sites excluding steroid dienone is 2. The Morgan fingerprint density at radius 2 is 1.00 bits per heavy atom. The molecule has 4 N–H and O–H groups in total. The van der Waals surface area contributed by atoms with E-state index >= 15 is 0 Å². The van der Waals surface area contributed by atoms with Crippen molar-refractivity contribution in [3.05, 3.63) is 11.1 Å². The zero-order valence-electron chi connectivity index (χ0n) is 7.06. The van der Waals surface area contributed by atoms with Crippen molar-refractivity contribution in [3.63, 3.8) is 0 Å². The maximum absolute atomic E-state index is 9.00. The van der Waals surface area contributed by atoms with Gasteiger partial charge in [0, 0.05) is 0 Å². The van der Waals surface area contributed by atoms with Crippen LogP contribution in [0.15, 0.2) is 11.1 Å². The number of rotatable bonds is 0. The van der Waals surface area contributed by atoms with Gasteiger partial charge in [-0.05, 0) is 27.7 Å².